The molecule has 0 spiro atoms. The molecule has 0 aliphatic heterocycles. The Labute approximate surface area is 144 Å². The van der Waals surface area contributed by atoms with Crippen molar-refractivity contribution < 1.29 is 13.2 Å². The second-order valence-corrected chi connectivity index (χ2v) is 7.54. The molecule has 2 rings (SSSR count). The van der Waals surface area contributed by atoms with E-state index >= 15 is 0 Å². The highest BCUT2D eigenvalue weighted by molar-refractivity contribution is 7.89. The van der Waals surface area contributed by atoms with Crippen LogP contribution in [-0.2, 0) is 14.8 Å². The van der Waals surface area contributed by atoms with Crippen molar-refractivity contribution in [3.8, 4) is 0 Å². The van der Waals surface area contributed by atoms with Crippen LogP contribution in [0.4, 0.5) is 5.69 Å². The van der Waals surface area contributed by atoms with Gasteiger partial charge in [0.2, 0.25) is 10.0 Å². The fraction of sp³-hybridized carbons (Fsp3) is 0.333. The lowest BCUT2D eigenvalue weighted by molar-refractivity contribution is 0.119. The van der Waals surface area contributed by atoms with Gasteiger partial charge in [-0.2, -0.15) is 0 Å². The molecule has 0 unspecified atom stereocenters. The summed E-state index contributed by atoms with van der Waals surface area (Å²) in [5.41, 5.74) is 2.95. The third-order valence-electron chi connectivity index (χ3n) is 4.03. The fourth-order valence-corrected chi connectivity index (χ4v) is 3.20. The molecule has 0 bridgehead atoms. The zero-order valence-electron chi connectivity index (χ0n) is 14.4. The topological polar surface area (TPSA) is 67.4 Å². The molecule has 0 aromatic heterocycles. The molecule has 0 aliphatic rings. The molecular weight excluding hydrogens is 324 g/mol. The Balaban J connectivity index is 2.21. The van der Waals surface area contributed by atoms with E-state index in [-0.39, 0.29) is 17.0 Å². The van der Waals surface area contributed by atoms with E-state index in [9.17, 15) is 8.42 Å². The number of ether oxygens (including phenoxy) is 1. The number of methoxy groups -OCH3 is 1. The predicted molar refractivity (Wildman–Crippen MR) is 96.6 cm³/mol. The molecule has 2 aromatic carbocycles. The molecule has 0 radical (unpaired) electrons. The summed E-state index contributed by atoms with van der Waals surface area (Å²) in [6.07, 6.45) is 0.0196. The predicted octanol–water partition coefficient (Wildman–Crippen LogP) is 3.48. The lowest BCUT2D eigenvalue weighted by Crippen LogP contribution is -2.19. The van der Waals surface area contributed by atoms with E-state index in [1.54, 1.807) is 25.3 Å². The summed E-state index contributed by atoms with van der Waals surface area (Å²) in [6, 6.07) is 14.9. The van der Waals surface area contributed by atoms with Gasteiger partial charge in [-0.15, -0.1) is 0 Å². The summed E-state index contributed by atoms with van der Waals surface area (Å²) >= 11 is 0. The first-order valence-electron chi connectivity index (χ1n) is 7.80. The number of rotatable bonds is 7. The third kappa shape index (κ3) is 4.35. The monoisotopic (exact) mass is 348 g/mol. The molecule has 0 aliphatic carbocycles. The Morgan fingerprint density at radius 1 is 1.00 bits per heavy atom. The fourth-order valence-electron chi connectivity index (χ4n) is 2.42. The second kappa shape index (κ2) is 7.79. The van der Waals surface area contributed by atoms with Gasteiger partial charge in [0, 0.05) is 18.8 Å². The molecule has 0 saturated heterocycles. The SMILES string of the molecule is CNS(=O)(=O)c1cccc([C@@H](C)Nc2cccc([C@H](C)OC)c2)c1. The minimum absolute atomic E-state index is 0.0196. The van der Waals surface area contributed by atoms with Crippen molar-refractivity contribution in [3.63, 3.8) is 0 Å². The van der Waals surface area contributed by atoms with E-state index in [0.717, 1.165) is 16.8 Å². The quantitative estimate of drug-likeness (QED) is 0.804. The highest BCUT2D eigenvalue weighted by Crippen LogP contribution is 2.24. The van der Waals surface area contributed by atoms with Crippen molar-refractivity contribution in [3.05, 3.63) is 59.7 Å². The van der Waals surface area contributed by atoms with Gasteiger partial charge >= 0.3 is 0 Å². The maximum atomic E-state index is 11.9. The molecule has 5 nitrogen and oxygen atoms in total. The van der Waals surface area contributed by atoms with E-state index in [4.69, 9.17) is 4.74 Å². The lowest BCUT2D eigenvalue weighted by Gasteiger charge is -2.18. The molecular formula is C18H24N2O3S. The average Bonchev–Trinajstić information content (AvgIpc) is 2.61. The first-order chi connectivity index (χ1) is 11.4. The Morgan fingerprint density at radius 2 is 1.67 bits per heavy atom. The summed E-state index contributed by atoms with van der Waals surface area (Å²) < 4.78 is 31.6. The molecule has 2 atom stereocenters. The van der Waals surface area contributed by atoms with Crippen molar-refractivity contribution >= 4 is 15.7 Å². The molecule has 0 heterocycles. The Bertz CT molecular complexity index is 790. The van der Waals surface area contributed by atoms with E-state index < -0.39 is 10.0 Å². The van der Waals surface area contributed by atoms with Gasteiger partial charge in [-0.05, 0) is 56.3 Å². The first kappa shape index (κ1) is 18.4. The van der Waals surface area contributed by atoms with Gasteiger partial charge in [-0.3, -0.25) is 0 Å². The minimum Gasteiger partial charge on any atom is -0.379 e. The van der Waals surface area contributed by atoms with Crippen LogP contribution in [0.15, 0.2) is 53.4 Å². The van der Waals surface area contributed by atoms with Gasteiger partial charge in [0.1, 0.15) is 0 Å². The van der Waals surface area contributed by atoms with Crippen LogP contribution < -0.4 is 10.0 Å². The molecule has 130 valence electrons. The van der Waals surface area contributed by atoms with Crippen LogP contribution in [0.25, 0.3) is 0 Å². The largest absolute Gasteiger partial charge is 0.379 e. The molecule has 0 amide bonds. The van der Waals surface area contributed by atoms with Gasteiger partial charge in [0.15, 0.2) is 0 Å². The van der Waals surface area contributed by atoms with Gasteiger partial charge in [0.25, 0.3) is 0 Å². The summed E-state index contributed by atoms with van der Waals surface area (Å²) in [7, 11) is -0.352. The zero-order chi connectivity index (χ0) is 17.7. The minimum atomic E-state index is -3.44. The third-order valence-corrected chi connectivity index (χ3v) is 5.44. The van der Waals surface area contributed by atoms with Crippen LogP contribution >= 0.6 is 0 Å². The van der Waals surface area contributed by atoms with E-state index in [1.807, 2.05) is 44.2 Å². The standard InChI is InChI=1S/C18H24N2O3S/c1-13(15-7-6-10-18(12-15)24(21,22)19-3)20-17-9-5-8-16(11-17)14(2)23-4/h5-14,19-20H,1-4H3/t13-,14+/m1/s1. The maximum absolute atomic E-state index is 11.9. The van der Waals surface area contributed by atoms with E-state index in [0.29, 0.717) is 0 Å². The van der Waals surface area contributed by atoms with Crippen molar-refractivity contribution in [2.75, 3.05) is 19.5 Å². The number of hydrogen-bond acceptors (Lipinski definition) is 4. The van der Waals surface area contributed by atoms with Crippen LogP contribution in [0.5, 0.6) is 0 Å². The highest BCUT2D eigenvalue weighted by Gasteiger charge is 2.14. The number of sulfonamides is 1. The summed E-state index contributed by atoms with van der Waals surface area (Å²) in [4.78, 5) is 0.262. The van der Waals surface area contributed by atoms with Crippen LogP contribution in [0.2, 0.25) is 0 Å². The smallest absolute Gasteiger partial charge is 0.240 e. The summed E-state index contributed by atoms with van der Waals surface area (Å²) in [5.74, 6) is 0. The van der Waals surface area contributed by atoms with E-state index in [1.165, 1.54) is 7.05 Å². The van der Waals surface area contributed by atoms with Crippen molar-refractivity contribution in [1.29, 1.82) is 0 Å². The van der Waals surface area contributed by atoms with Crippen LogP contribution in [0.3, 0.4) is 0 Å². The van der Waals surface area contributed by atoms with Crippen LogP contribution in [0, 0.1) is 0 Å². The van der Waals surface area contributed by atoms with E-state index in [2.05, 4.69) is 10.0 Å². The number of hydrogen-bond donors (Lipinski definition) is 2. The molecule has 0 fully saturated rings. The summed E-state index contributed by atoms with van der Waals surface area (Å²) in [6.45, 7) is 3.99. The number of benzene rings is 2. The van der Waals surface area contributed by atoms with Gasteiger partial charge in [-0.25, -0.2) is 13.1 Å². The molecule has 6 heteroatoms. The van der Waals surface area contributed by atoms with Gasteiger partial charge in [-0.1, -0.05) is 24.3 Å². The van der Waals surface area contributed by atoms with Crippen molar-refractivity contribution in [2.45, 2.75) is 30.9 Å². The molecule has 0 saturated carbocycles. The van der Waals surface area contributed by atoms with Crippen LogP contribution in [-0.4, -0.2) is 22.6 Å². The Morgan fingerprint density at radius 3 is 2.33 bits per heavy atom. The van der Waals surface area contributed by atoms with Crippen molar-refractivity contribution in [2.24, 2.45) is 0 Å². The van der Waals surface area contributed by atoms with Gasteiger partial charge < -0.3 is 10.1 Å². The lowest BCUT2D eigenvalue weighted by atomic mass is 10.1. The molecule has 2 N–H and O–H groups in total. The zero-order valence-corrected chi connectivity index (χ0v) is 15.2. The number of anilines is 1. The first-order valence-corrected chi connectivity index (χ1v) is 9.28. The second-order valence-electron chi connectivity index (χ2n) is 5.65. The highest BCUT2D eigenvalue weighted by atomic mass is 32.2. The Kier molecular flexibility index (Phi) is 5.99. The molecule has 24 heavy (non-hydrogen) atoms. The van der Waals surface area contributed by atoms with Gasteiger partial charge in [0.05, 0.1) is 11.0 Å². The molecule has 2 aromatic rings. The summed E-state index contributed by atoms with van der Waals surface area (Å²) in [5, 5.41) is 3.40. The van der Waals surface area contributed by atoms with Crippen LogP contribution in [0.1, 0.15) is 37.1 Å². The number of nitrogens with one attached hydrogen (secondary N) is 2. The van der Waals surface area contributed by atoms with Crippen molar-refractivity contribution in [1.82, 2.24) is 4.72 Å². The average molecular weight is 348 g/mol. The maximum Gasteiger partial charge on any atom is 0.240 e. The Hall–Kier alpha value is -1.89. The normalized spacial score (nSPS) is 14.2.